The molecule has 36 heavy (non-hydrogen) atoms. The minimum atomic E-state index is -0.200. The Kier molecular flexibility index (Phi) is 6.12. The van der Waals surface area contributed by atoms with Crippen molar-refractivity contribution in [2.45, 2.75) is 52.2 Å². The van der Waals surface area contributed by atoms with E-state index in [9.17, 15) is 4.79 Å². The fourth-order valence-corrected chi connectivity index (χ4v) is 5.17. The number of carbonyl (C=O) groups is 1. The van der Waals surface area contributed by atoms with Gasteiger partial charge in [-0.1, -0.05) is 19.9 Å². The van der Waals surface area contributed by atoms with Crippen LogP contribution in [0.4, 0.5) is 0 Å². The number of fused-ring (bicyclic) bond motifs is 2. The molecule has 3 aromatic heterocycles. The van der Waals surface area contributed by atoms with Gasteiger partial charge in [-0.3, -0.25) is 9.69 Å². The SMILES string of the molecule is Cc1cc(-c2[nH]c3ccc(C4CN(CC(=O)N(C)C)C(C)(C)CO4)cc3c2C(C)C)cn2ncnc12. The van der Waals surface area contributed by atoms with Crippen molar-refractivity contribution in [1.82, 2.24) is 29.4 Å². The highest BCUT2D eigenvalue weighted by Crippen LogP contribution is 2.38. The first-order valence-electron chi connectivity index (χ1n) is 12.6. The molecule has 8 nitrogen and oxygen atoms in total. The lowest BCUT2D eigenvalue weighted by Gasteiger charge is -2.45. The van der Waals surface area contributed by atoms with Crippen molar-refractivity contribution in [2.75, 3.05) is 33.8 Å². The number of aromatic nitrogens is 4. The molecule has 8 heteroatoms. The number of aryl methyl sites for hydroxylation is 1. The van der Waals surface area contributed by atoms with Crippen molar-refractivity contribution in [3.8, 4) is 11.3 Å². The minimum absolute atomic E-state index is 0.0931. The molecule has 1 aromatic carbocycles. The smallest absolute Gasteiger partial charge is 0.236 e. The van der Waals surface area contributed by atoms with Crippen LogP contribution in [0.3, 0.4) is 0 Å². The molecule has 1 N–H and O–H groups in total. The Morgan fingerprint density at radius 3 is 2.78 bits per heavy atom. The van der Waals surface area contributed by atoms with Crippen molar-refractivity contribution in [1.29, 1.82) is 0 Å². The number of nitrogens with zero attached hydrogens (tertiary/aromatic N) is 5. The summed E-state index contributed by atoms with van der Waals surface area (Å²) in [4.78, 5) is 24.4. The fraction of sp³-hybridized carbons (Fsp3) is 0.464. The van der Waals surface area contributed by atoms with E-state index in [1.165, 1.54) is 10.9 Å². The summed E-state index contributed by atoms with van der Waals surface area (Å²) < 4.78 is 8.19. The van der Waals surface area contributed by atoms with Gasteiger partial charge in [0.05, 0.1) is 24.9 Å². The average molecular weight is 489 g/mol. The normalized spacial score (nSPS) is 18.4. The van der Waals surface area contributed by atoms with E-state index in [2.05, 4.69) is 78.9 Å². The summed E-state index contributed by atoms with van der Waals surface area (Å²) in [5.74, 6) is 0.423. The van der Waals surface area contributed by atoms with E-state index in [1.807, 2.05) is 10.7 Å². The number of ether oxygens (including phenoxy) is 1. The van der Waals surface area contributed by atoms with E-state index in [1.54, 1.807) is 25.3 Å². The van der Waals surface area contributed by atoms with Crippen LogP contribution < -0.4 is 0 Å². The van der Waals surface area contributed by atoms with Crippen LogP contribution in [0.25, 0.3) is 27.8 Å². The number of H-pyrrole nitrogens is 1. The standard InChI is InChI=1S/C28H36N6O2/c1-17(2)25-21-11-19(23-13-33(14-24(35)32(6)7)28(4,5)15-36-23)8-9-22(21)31-26(25)20-10-18(3)27-29-16-30-34(27)12-20/h8-12,16-17,23,31H,13-15H2,1-7H3. The summed E-state index contributed by atoms with van der Waals surface area (Å²) in [6.07, 6.45) is 3.54. The van der Waals surface area contributed by atoms with Gasteiger partial charge in [0.1, 0.15) is 6.33 Å². The number of benzene rings is 1. The lowest BCUT2D eigenvalue weighted by Crippen LogP contribution is -2.56. The number of likely N-dealkylation sites (N-methyl/N-ethyl adjacent to an activating group) is 1. The lowest BCUT2D eigenvalue weighted by atomic mass is 9.93. The van der Waals surface area contributed by atoms with Crippen molar-refractivity contribution < 1.29 is 9.53 Å². The Labute approximate surface area is 212 Å². The first-order chi connectivity index (χ1) is 17.0. The molecule has 4 heterocycles. The van der Waals surface area contributed by atoms with E-state index in [0.29, 0.717) is 25.6 Å². The Hall–Kier alpha value is -3.23. The van der Waals surface area contributed by atoms with Crippen LogP contribution in [0.15, 0.2) is 36.8 Å². The summed E-state index contributed by atoms with van der Waals surface area (Å²) >= 11 is 0. The number of carbonyl (C=O) groups excluding carboxylic acids is 1. The minimum Gasteiger partial charge on any atom is -0.370 e. The number of hydrogen-bond acceptors (Lipinski definition) is 5. The molecule has 190 valence electrons. The van der Waals surface area contributed by atoms with Crippen LogP contribution in [-0.2, 0) is 9.53 Å². The van der Waals surface area contributed by atoms with Crippen LogP contribution in [0.1, 0.15) is 56.4 Å². The molecule has 0 spiro atoms. The Balaban J connectivity index is 1.53. The molecule has 0 bridgehead atoms. The zero-order chi connectivity index (χ0) is 25.8. The van der Waals surface area contributed by atoms with Gasteiger partial charge in [0.15, 0.2) is 5.65 Å². The number of nitrogens with one attached hydrogen (secondary N) is 1. The summed E-state index contributed by atoms with van der Waals surface area (Å²) in [6, 6.07) is 8.74. The van der Waals surface area contributed by atoms with E-state index < -0.39 is 0 Å². The van der Waals surface area contributed by atoms with Gasteiger partial charge in [-0.15, -0.1) is 0 Å². The summed E-state index contributed by atoms with van der Waals surface area (Å²) in [5, 5.41) is 5.57. The Morgan fingerprint density at radius 1 is 1.28 bits per heavy atom. The monoisotopic (exact) mass is 488 g/mol. The molecule has 1 atom stereocenters. The van der Waals surface area contributed by atoms with Crippen molar-refractivity contribution in [2.24, 2.45) is 0 Å². The molecule has 1 fully saturated rings. The quantitative estimate of drug-likeness (QED) is 0.446. The second kappa shape index (κ2) is 9.01. The maximum atomic E-state index is 12.5. The second-order valence-corrected chi connectivity index (χ2v) is 11.1. The van der Waals surface area contributed by atoms with Gasteiger partial charge in [-0.05, 0) is 61.6 Å². The molecule has 0 radical (unpaired) electrons. The number of pyridine rings is 1. The zero-order valence-electron chi connectivity index (χ0n) is 22.3. The van der Waals surface area contributed by atoms with Gasteiger partial charge in [0, 0.05) is 48.8 Å². The Morgan fingerprint density at radius 2 is 2.06 bits per heavy atom. The maximum absolute atomic E-state index is 12.5. The second-order valence-electron chi connectivity index (χ2n) is 11.1. The van der Waals surface area contributed by atoms with E-state index in [-0.39, 0.29) is 17.6 Å². The topological polar surface area (TPSA) is 78.8 Å². The van der Waals surface area contributed by atoms with Gasteiger partial charge < -0.3 is 14.6 Å². The van der Waals surface area contributed by atoms with Crippen LogP contribution in [0, 0.1) is 6.92 Å². The van der Waals surface area contributed by atoms with Crippen LogP contribution in [0.2, 0.25) is 0 Å². The summed E-state index contributed by atoms with van der Waals surface area (Å²) in [6.45, 7) is 12.4. The molecule has 1 unspecified atom stereocenters. The number of hydrogen-bond donors (Lipinski definition) is 1. The number of amides is 1. The Bertz CT molecular complexity index is 1430. The molecule has 1 amide bonds. The molecule has 1 aliphatic rings. The van der Waals surface area contributed by atoms with Crippen molar-refractivity contribution in [3.63, 3.8) is 0 Å². The lowest BCUT2D eigenvalue weighted by molar-refractivity contribution is -0.139. The van der Waals surface area contributed by atoms with Gasteiger partial charge in [0.2, 0.25) is 5.91 Å². The van der Waals surface area contributed by atoms with Crippen molar-refractivity contribution >= 4 is 22.5 Å². The average Bonchev–Trinajstić information content (AvgIpc) is 3.44. The third-order valence-corrected chi connectivity index (χ3v) is 7.36. The molecular weight excluding hydrogens is 452 g/mol. The van der Waals surface area contributed by atoms with Gasteiger partial charge in [-0.2, -0.15) is 5.10 Å². The van der Waals surface area contributed by atoms with Crippen molar-refractivity contribution in [3.05, 3.63) is 53.5 Å². The largest absolute Gasteiger partial charge is 0.370 e. The van der Waals surface area contributed by atoms with Gasteiger partial charge in [-0.25, -0.2) is 9.50 Å². The molecule has 5 rings (SSSR count). The molecule has 1 saturated heterocycles. The fourth-order valence-electron chi connectivity index (χ4n) is 5.17. The van der Waals surface area contributed by atoms with Crippen LogP contribution in [0.5, 0.6) is 0 Å². The van der Waals surface area contributed by atoms with Crippen LogP contribution >= 0.6 is 0 Å². The predicted octanol–water partition coefficient (Wildman–Crippen LogP) is 4.55. The van der Waals surface area contributed by atoms with E-state index in [0.717, 1.165) is 33.5 Å². The van der Waals surface area contributed by atoms with Gasteiger partial charge >= 0.3 is 0 Å². The summed E-state index contributed by atoms with van der Waals surface area (Å²) in [7, 11) is 3.61. The number of rotatable bonds is 5. The molecule has 0 saturated carbocycles. The molecule has 4 aromatic rings. The van der Waals surface area contributed by atoms with E-state index in [4.69, 9.17) is 4.74 Å². The number of aromatic amines is 1. The molecule has 0 aliphatic carbocycles. The third-order valence-electron chi connectivity index (χ3n) is 7.36. The maximum Gasteiger partial charge on any atom is 0.236 e. The summed E-state index contributed by atoms with van der Waals surface area (Å²) in [5.41, 5.74) is 7.48. The third kappa shape index (κ3) is 4.29. The molecule has 1 aliphatic heterocycles. The highest BCUT2D eigenvalue weighted by molar-refractivity contribution is 5.92. The zero-order valence-corrected chi connectivity index (χ0v) is 22.3. The predicted molar refractivity (Wildman–Crippen MR) is 142 cm³/mol. The highest BCUT2D eigenvalue weighted by Gasteiger charge is 2.37. The first-order valence-corrected chi connectivity index (χ1v) is 12.6. The first kappa shape index (κ1) is 24.5. The molecular formula is C28H36N6O2. The van der Waals surface area contributed by atoms with Crippen LogP contribution in [-0.4, -0.2) is 74.6 Å². The van der Waals surface area contributed by atoms with E-state index >= 15 is 0 Å². The van der Waals surface area contributed by atoms with Gasteiger partial charge in [0.25, 0.3) is 0 Å². The highest BCUT2D eigenvalue weighted by atomic mass is 16.5. The number of morpholine rings is 1.